The van der Waals surface area contributed by atoms with Crippen LogP contribution in [0.5, 0.6) is 0 Å². The molecule has 0 saturated heterocycles. The summed E-state index contributed by atoms with van der Waals surface area (Å²) in [6, 6.07) is 1.73. The predicted octanol–water partition coefficient (Wildman–Crippen LogP) is 5.94. The Kier molecular flexibility index (Phi) is 11.4. The summed E-state index contributed by atoms with van der Waals surface area (Å²) in [6.45, 7) is 5.01. The van der Waals surface area contributed by atoms with Crippen LogP contribution in [-0.4, -0.2) is 22.1 Å². The van der Waals surface area contributed by atoms with E-state index in [0.29, 0.717) is 22.7 Å². The first-order valence-corrected chi connectivity index (χ1v) is 13.1. The highest BCUT2D eigenvalue weighted by Gasteiger charge is 2.35. The highest BCUT2D eigenvalue weighted by atomic mass is 32.2. The molecule has 5 nitrogen and oxygen atoms in total. The van der Waals surface area contributed by atoms with Crippen LogP contribution in [0, 0.1) is 0 Å². The van der Waals surface area contributed by atoms with Gasteiger partial charge in [0.25, 0.3) is 11.5 Å². The summed E-state index contributed by atoms with van der Waals surface area (Å²) in [6.07, 6.45) is 14.7. The number of carbonyl (C=O) groups excluding carboxylic acids is 2. The largest absolute Gasteiger partial charge is 0.351 e. The number of pyridine rings is 1. The van der Waals surface area contributed by atoms with Gasteiger partial charge in [-0.3, -0.25) is 14.4 Å². The highest BCUT2D eigenvalue weighted by molar-refractivity contribution is 8.14. The van der Waals surface area contributed by atoms with Crippen LogP contribution < -0.4 is 10.9 Å². The lowest BCUT2D eigenvalue weighted by atomic mass is 9.94. The third kappa shape index (κ3) is 7.51. The van der Waals surface area contributed by atoms with Crippen molar-refractivity contribution in [3.8, 4) is 0 Å². The van der Waals surface area contributed by atoms with E-state index in [9.17, 15) is 14.4 Å². The third-order valence-electron chi connectivity index (χ3n) is 6.17. The minimum Gasteiger partial charge on any atom is -0.351 e. The van der Waals surface area contributed by atoms with Gasteiger partial charge >= 0.3 is 0 Å². The van der Waals surface area contributed by atoms with Gasteiger partial charge in [0.2, 0.25) is 5.12 Å². The number of carbonyl (C=O) groups is 2. The number of rotatable bonds is 15. The number of thioether (sulfide) groups is 1. The minimum absolute atomic E-state index is 0.0466. The van der Waals surface area contributed by atoms with Gasteiger partial charge in [-0.15, -0.1) is 0 Å². The topological polar surface area (TPSA) is 68.2 Å². The number of aromatic nitrogens is 1. The van der Waals surface area contributed by atoms with E-state index in [-0.39, 0.29) is 22.5 Å². The summed E-state index contributed by atoms with van der Waals surface area (Å²) in [7, 11) is 1.64. The average Bonchev–Trinajstić information content (AvgIpc) is 3.07. The molecule has 0 spiro atoms. The van der Waals surface area contributed by atoms with Crippen LogP contribution in [0.2, 0.25) is 0 Å². The Labute approximate surface area is 191 Å². The Hall–Kier alpha value is -1.56. The van der Waals surface area contributed by atoms with Gasteiger partial charge in [-0.1, -0.05) is 96.2 Å². The van der Waals surface area contributed by atoms with Crippen LogP contribution in [0.3, 0.4) is 0 Å². The molecule has 174 valence electrons. The predicted molar refractivity (Wildman–Crippen MR) is 129 cm³/mol. The second-order valence-corrected chi connectivity index (χ2v) is 9.77. The lowest BCUT2D eigenvalue weighted by Crippen LogP contribution is -2.33. The number of amides is 1. The van der Waals surface area contributed by atoms with Crippen molar-refractivity contribution in [2.24, 2.45) is 7.05 Å². The second-order valence-electron chi connectivity index (χ2n) is 8.73. The lowest BCUT2D eigenvalue weighted by molar-refractivity contribution is -0.112. The van der Waals surface area contributed by atoms with Crippen molar-refractivity contribution in [1.29, 1.82) is 0 Å². The lowest BCUT2D eigenvalue weighted by Gasteiger charge is -2.13. The smallest absolute Gasteiger partial charge is 0.268 e. The number of nitrogens with zero attached hydrogens (tertiary/aromatic N) is 1. The van der Waals surface area contributed by atoms with Crippen molar-refractivity contribution < 1.29 is 9.59 Å². The zero-order chi connectivity index (χ0) is 22.6. The molecule has 1 aromatic rings. The van der Waals surface area contributed by atoms with E-state index < -0.39 is 0 Å². The molecule has 1 unspecified atom stereocenters. The van der Waals surface area contributed by atoms with Gasteiger partial charge in [-0.05, 0) is 18.9 Å². The molecule has 0 saturated carbocycles. The normalized spacial score (nSPS) is 15.3. The summed E-state index contributed by atoms with van der Waals surface area (Å²) in [5.74, 6) is -0.562. The van der Waals surface area contributed by atoms with Crippen molar-refractivity contribution in [2.45, 2.75) is 108 Å². The van der Waals surface area contributed by atoms with E-state index >= 15 is 0 Å². The fourth-order valence-corrected chi connectivity index (χ4v) is 5.31. The molecule has 1 amide bonds. The van der Waals surface area contributed by atoms with E-state index in [1.165, 1.54) is 55.9 Å². The molecule has 0 radical (unpaired) electrons. The summed E-state index contributed by atoms with van der Waals surface area (Å²) in [5.41, 5.74) is 0.741. The van der Waals surface area contributed by atoms with E-state index in [1.54, 1.807) is 13.1 Å². The molecule has 0 bridgehead atoms. The molecule has 1 aromatic heterocycles. The van der Waals surface area contributed by atoms with E-state index in [4.69, 9.17) is 0 Å². The Morgan fingerprint density at radius 1 is 0.935 bits per heavy atom. The number of nitrogens with one attached hydrogen (secondary N) is 1. The van der Waals surface area contributed by atoms with Crippen LogP contribution in [0.4, 0.5) is 0 Å². The maximum atomic E-state index is 13.0. The number of fused-ring (bicyclic) bond motifs is 1. The second kappa shape index (κ2) is 13.8. The number of hydrogen-bond donors (Lipinski definition) is 1. The van der Waals surface area contributed by atoms with E-state index in [0.717, 1.165) is 43.9 Å². The summed E-state index contributed by atoms with van der Waals surface area (Å²) >= 11 is 1.13. The fourth-order valence-electron chi connectivity index (χ4n) is 4.20. The van der Waals surface area contributed by atoms with Crippen molar-refractivity contribution in [3.05, 3.63) is 27.7 Å². The minimum atomic E-state index is -0.329. The molecular formula is C25H40N2O3S. The van der Waals surface area contributed by atoms with Gasteiger partial charge in [0, 0.05) is 24.1 Å². The number of unbranched alkanes of at least 4 members (excludes halogenated alkanes) is 10. The molecule has 31 heavy (non-hydrogen) atoms. The zero-order valence-corrected chi connectivity index (χ0v) is 20.5. The molecule has 1 aliphatic rings. The van der Waals surface area contributed by atoms with Gasteiger partial charge in [-0.2, -0.15) is 0 Å². The SMILES string of the molecule is CCCCCCCCNC(=O)c1cc2c(c(=O)n1C)C(CCCCCCCC)C(=O)S2. The maximum Gasteiger partial charge on any atom is 0.268 e. The van der Waals surface area contributed by atoms with Crippen LogP contribution in [0.15, 0.2) is 15.8 Å². The fraction of sp³-hybridized carbons (Fsp3) is 0.720. The molecule has 0 aliphatic carbocycles. The van der Waals surface area contributed by atoms with Crippen LogP contribution >= 0.6 is 11.8 Å². The monoisotopic (exact) mass is 448 g/mol. The third-order valence-corrected chi connectivity index (χ3v) is 7.21. The van der Waals surface area contributed by atoms with Gasteiger partial charge < -0.3 is 9.88 Å². The van der Waals surface area contributed by atoms with Gasteiger partial charge in [0.05, 0.1) is 5.92 Å². The zero-order valence-electron chi connectivity index (χ0n) is 19.6. The molecular weight excluding hydrogens is 408 g/mol. The van der Waals surface area contributed by atoms with Crippen molar-refractivity contribution in [1.82, 2.24) is 9.88 Å². The molecule has 1 aliphatic heterocycles. The van der Waals surface area contributed by atoms with Crippen LogP contribution in [0.1, 0.15) is 119 Å². The Morgan fingerprint density at radius 2 is 1.52 bits per heavy atom. The molecule has 2 rings (SSSR count). The maximum absolute atomic E-state index is 13.0. The van der Waals surface area contributed by atoms with E-state index in [2.05, 4.69) is 19.2 Å². The first-order chi connectivity index (χ1) is 15.0. The van der Waals surface area contributed by atoms with Gasteiger partial charge in [0.15, 0.2) is 0 Å². The first kappa shape index (κ1) is 25.7. The first-order valence-electron chi connectivity index (χ1n) is 12.2. The van der Waals surface area contributed by atoms with Gasteiger partial charge in [0.1, 0.15) is 5.69 Å². The quantitative estimate of drug-likeness (QED) is 0.337. The standard InChI is InChI=1S/C25H40N2O3S/c1-4-6-8-10-12-14-16-19-22-21(31-25(19)30)18-20(27(3)24(22)29)23(28)26-17-15-13-11-9-7-5-2/h18-19H,4-17H2,1-3H3,(H,26,28). The molecule has 2 heterocycles. The van der Waals surface area contributed by atoms with Crippen LogP contribution in [-0.2, 0) is 11.8 Å². The van der Waals surface area contributed by atoms with Crippen molar-refractivity contribution in [3.63, 3.8) is 0 Å². The Morgan fingerprint density at radius 3 is 2.16 bits per heavy atom. The van der Waals surface area contributed by atoms with Crippen molar-refractivity contribution in [2.75, 3.05) is 6.54 Å². The summed E-state index contributed by atoms with van der Waals surface area (Å²) in [4.78, 5) is 38.9. The molecule has 0 fully saturated rings. The van der Waals surface area contributed by atoms with E-state index in [1.807, 2.05) is 0 Å². The highest BCUT2D eigenvalue weighted by Crippen LogP contribution is 2.41. The summed E-state index contributed by atoms with van der Waals surface area (Å²) in [5, 5.41) is 2.98. The van der Waals surface area contributed by atoms with Gasteiger partial charge in [-0.25, -0.2) is 0 Å². The molecule has 0 aromatic carbocycles. The molecule has 1 N–H and O–H groups in total. The summed E-state index contributed by atoms with van der Waals surface area (Å²) < 4.78 is 1.42. The Bertz CT molecular complexity index is 788. The molecule has 6 heteroatoms. The molecule has 1 atom stereocenters. The van der Waals surface area contributed by atoms with Crippen molar-refractivity contribution >= 4 is 22.8 Å². The average molecular weight is 449 g/mol. The number of hydrogen-bond acceptors (Lipinski definition) is 4. The Balaban J connectivity index is 1.94. The van der Waals surface area contributed by atoms with Crippen LogP contribution in [0.25, 0.3) is 0 Å².